The zero-order chi connectivity index (χ0) is 18.5. The zero-order valence-corrected chi connectivity index (χ0v) is 15.3. The van der Waals surface area contributed by atoms with Crippen molar-refractivity contribution < 1.29 is 4.74 Å². The highest BCUT2D eigenvalue weighted by Crippen LogP contribution is 2.21. The van der Waals surface area contributed by atoms with Crippen LogP contribution in [0.1, 0.15) is 11.1 Å². The van der Waals surface area contributed by atoms with E-state index in [1.54, 1.807) is 11.6 Å². The van der Waals surface area contributed by atoms with E-state index in [2.05, 4.69) is 45.8 Å². The fraction of sp³-hybridized carbons (Fsp3) is 0.0476. The summed E-state index contributed by atoms with van der Waals surface area (Å²) in [6, 6.07) is 22.4. The number of rotatable bonds is 6. The molecule has 27 heavy (non-hydrogen) atoms. The Bertz CT molecular complexity index is 1090. The van der Waals surface area contributed by atoms with Gasteiger partial charge in [-0.25, -0.2) is 4.98 Å². The third-order valence-corrected chi connectivity index (χ3v) is 4.78. The molecule has 0 aliphatic heterocycles. The lowest BCUT2D eigenvalue weighted by Gasteiger charge is -2.09. The number of ether oxygens (including phenoxy) is 1. The van der Waals surface area contributed by atoms with Gasteiger partial charge in [0, 0.05) is 10.9 Å². The number of anilines is 2. The Kier molecular flexibility index (Phi) is 4.98. The number of nitrogens with two attached hydrogens (primary N) is 1. The van der Waals surface area contributed by atoms with Crippen molar-refractivity contribution in [2.24, 2.45) is 5.10 Å². The number of hydrogen-bond donors (Lipinski definition) is 2. The monoisotopic (exact) mass is 374 g/mol. The van der Waals surface area contributed by atoms with Gasteiger partial charge in [-0.3, -0.25) is 5.43 Å². The van der Waals surface area contributed by atoms with Crippen LogP contribution in [0.3, 0.4) is 0 Å². The van der Waals surface area contributed by atoms with Crippen molar-refractivity contribution in [3.05, 3.63) is 83.2 Å². The molecule has 5 nitrogen and oxygen atoms in total. The van der Waals surface area contributed by atoms with E-state index in [0.717, 1.165) is 16.9 Å². The maximum absolute atomic E-state index is 6.03. The van der Waals surface area contributed by atoms with Crippen molar-refractivity contribution in [2.75, 3.05) is 11.2 Å². The minimum Gasteiger partial charge on any atom is -0.488 e. The molecule has 4 rings (SSSR count). The number of nitrogens with zero attached hydrogens (tertiary/aromatic N) is 2. The molecule has 0 radical (unpaired) electrons. The van der Waals surface area contributed by atoms with Crippen LogP contribution in [0.4, 0.5) is 10.9 Å². The number of aromatic nitrogens is 1. The van der Waals surface area contributed by atoms with E-state index in [1.165, 1.54) is 22.1 Å². The van der Waals surface area contributed by atoms with Gasteiger partial charge in [-0.15, -0.1) is 11.3 Å². The zero-order valence-electron chi connectivity index (χ0n) is 14.5. The average molecular weight is 374 g/mol. The fourth-order valence-corrected chi connectivity index (χ4v) is 3.25. The number of para-hydroxylation sites is 1. The number of fused-ring (bicyclic) bond motifs is 1. The Morgan fingerprint density at radius 2 is 1.85 bits per heavy atom. The number of hydrogen-bond acceptors (Lipinski definition) is 6. The first-order valence-corrected chi connectivity index (χ1v) is 9.35. The van der Waals surface area contributed by atoms with Crippen LogP contribution < -0.4 is 15.9 Å². The van der Waals surface area contributed by atoms with Gasteiger partial charge < -0.3 is 10.5 Å². The molecule has 0 aliphatic rings. The predicted molar refractivity (Wildman–Crippen MR) is 112 cm³/mol. The van der Waals surface area contributed by atoms with Crippen LogP contribution in [0.2, 0.25) is 0 Å². The second kappa shape index (κ2) is 7.88. The Labute approximate surface area is 161 Å². The Hall–Kier alpha value is -3.38. The predicted octanol–water partition coefficient (Wildman–Crippen LogP) is 4.90. The van der Waals surface area contributed by atoms with Crippen LogP contribution >= 0.6 is 11.3 Å². The number of thiazole rings is 1. The van der Waals surface area contributed by atoms with Gasteiger partial charge in [-0.1, -0.05) is 48.5 Å². The van der Waals surface area contributed by atoms with E-state index in [4.69, 9.17) is 10.5 Å². The van der Waals surface area contributed by atoms with Crippen molar-refractivity contribution >= 4 is 39.3 Å². The summed E-state index contributed by atoms with van der Waals surface area (Å²) in [7, 11) is 0. The van der Waals surface area contributed by atoms with Crippen molar-refractivity contribution in [1.29, 1.82) is 0 Å². The maximum Gasteiger partial charge on any atom is 0.205 e. The smallest absolute Gasteiger partial charge is 0.205 e. The van der Waals surface area contributed by atoms with Crippen LogP contribution in [0, 0.1) is 0 Å². The highest BCUT2D eigenvalue weighted by atomic mass is 32.1. The van der Waals surface area contributed by atoms with E-state index >= 15 is 0 Å². The molecule has 0 fully saturated rings. The van der Waals surface area contributed by atoms with E-state index in [9.17, 15) is 0 Å². The number of nitrogens with one attached hydrogen (secondary N) is 1. The summed E-state index contributed by atoms with van der Waals surface area (Å²) in [5.41, 5.74) is 10.5. The van der Waals surface area contributed by atoms with Gasteiger partial charge in [0.1, 0.15) is 18.2 Å². The first-order chi connectivity index (χ1) is 13.3. The van der Waals surface area contributed by atoms with Gasteiger partial charge in [0.05, 0.1) is 6.21 Å². The molecule has 0 spiro atoms. The number of hydrazone groups is 1. The summed E-state index contributed by atoms with van der Waals surface area (Å²) in [6.45, 7) is 0.492. The molecule has 0 unspecified atom stereocenters. The summed E-state index contributed by atoms with van der Waals surface area (Å²) in [5.74, 6) is 1.26. The molecule has 0 saturated carbocycles. The summed E-state index contributed by atoms with van der Waals surface area (Å²) < 4.78 is 6.03. The molecule has 134 valence electrons. The number of nitrogen functional groups attached to an aromatic ring is 1. The fourth-order valence-electron chi connectivity index (χ4n) is 2.70. The second-order valence-corrected chi connectivity index (χ2v) is 6.81. The third-order valence-electron chi connectivity index (χ3n) is 4.01. The van der Waals surface area contributed by atoms with Crippen LogP contribution in [0.15, 0.2) is 77.2 Å². The minimum atomic E-state index is 0.483. The van der Waals surface area contributed by atoms with Gasteiger partial charge in [0.2, 0.25) is 5.13 Å². The van der Waals surface area contributed by atoms with Gasteiger partial charge in [0.15, 0.2) is 0 Å². The maximum atomic E-state index is 6.03. The molecular formula is C21H18N4OS. The lowest BCUT2D eigenvalue weighted by atomic mass is 10.1. The topological polar surface area (TPSA) is 72.5 Å². The Morgan fingerprint density at radius 3 is 2.70 bits per heavy atom. The Balaban J connectivity index is 1.45. The highest BCUT2D eigenvalue weighted by molar-refractivity contribution is 7.14. The van der Waals surface area contributed by atoms with Crippen LogP contribution in [-0.2, 0) is 6.61 Å². The normalized spacial score (nSPS) is 11.1. The van der Waals surface area contributed by atoms with Crippen LogP contribution in [0.25, 0.3) is 10.8 Å². The summed E-state index contributed by atoms with van der Waals surface area (Å²) in [6.07, 6.45) is 1.72. The van der Waals surface area contributed by atoms with Gasteiger partial charge in [-0.05, 0) is 34.5 Å². The van der Waals surface area contributed by atoms with E-state index in [0.29, 0.717) is 17.6 Å². The molecule has 0 bridgehead atoms. The lowest BCUT2D eigenvalue weighted by molar-refractivity contribution is 0.306. The molecule has 4 aromatic rings. The van der Waals surface area contributed by atoms with Gasteiger partial charge >= 0.3 is 0 Å². The lowest BCUT2D eigenvalue weighted by Crippen LogP contribution is -1.99. The summed E-state index contributed by atoms with van der Waals surface area (Å²) in [4.78, 5) is 4.11. The first-order valence-electron chi connectivity index (χ1n) is 8.47. The largest absolute Gasteiger partial charge is 0.488 e. The summed E-state index contributed by atoms with van der Waals surface area (Å²) in [5, 5.41) is 9.07. The molecule has 0 amide bonds. The molecule has 0 saturated heterocycles. The standard InChI is InChI=1S/C21H18N4OS/c22-20-14-27-21(24-20)25-23-12-18-7-3-4-8-19(18)26-13-15-9-10-16-5-1-2-6-17(16)11-15/h1-12,14H,13,22H2,(H,24,25). The van der Waals surface area contributed by atoms with Crippen LogP contribution in [0.5, 0.6) is 5.75 Å². The second-order valence-electron chi connectivity index (χ2n) is 5.96. The summed E-state index contributed by atoms with van der Waals surface area (Å²) >= 11 is 1.41. The van der Waals surface area contributed by atoms with E-state index in [-0.39, 0.29) is 0 Å². The highest BCUT2D eigenvalue weighted by Gasteiger charge is 2.03. The first kappa shape index (κ1) is 17.1. The van der Waals surface area contributed by atoms with Crippen LogP contribution in [-0.4, -0.2) is 11.2 Å². The SMILES string of the molecule is Nc1csc(NN=Cc2ccccc2OCc2ccc3ccccc3c2)n1. The molecule has 0 aliphatic carbocycles. The van der Waals surface area contributed by atoms with Gasteiger partial charge in [-0.2, -0.15) is 5.10 Å². The quantitative estimate of drug-likeness (QED) is 0.372. The molecule has 0 atom stereocenters. The molecule has 3 aromatic carbocycles. The van der Waals surface area contributed by atoms with E-state index in [1.807, 2.05) is 36.4 Å². The van der Waals surface area contributed by atoms with Crippen molar-refractivity contribution in [3.63, 3.8) is 0 Å². The molecule has 1 aromatic heterocycles. The molecular weight excluding hydrogens is 356 g/mol. The van der Waals surface area contributed by atoms with Crippen molar-refractivity contribution in [3.8, 4) is 5.75 Å². The number of benzene rings is 3. The van der Waals surface area contributed by atoms with Gasteiger partial charge in [0.25, 0.3) is 0 Å². The van der Waals surface area contributed by atoms with Crippen molar-refractivity contribution in [2.45, 2.75) is 6.61 Å². The van der Waals surface area contributed by atoms with Crippen molar-refractivity contribution in [1.82, 2.24) is 4.98 Å². The average Bonchev–Trinajstić information content (AvgIpc) is 3.12. The molecule has 1 heterocycles. The molecule has 3 N–H and O–H groups in total. The molecule has 6 heteroatoms. The minimum absolute atomic E-state index is 0.483. The third kappa shape index (κ3) is 4.24. The Morgan fingerprint density at radius 1 is 1.04 bits per heavy atom. The van der Waals surface area contributed by atoms with E-state index < -0.39 is 0 Å².